The number of ether oxygens (including phenoxy) is 1. The Labute approximate surface area is 155 Å². The number of hydrogen-bond donors (Lipinski definition) is 2. The number of nitrogens with zero attached hydrogens (tertiary/aromatic N) is 3. The molecule has 2 heterocycles. The van der Waals surface area contributed by atoms with Crippen LogP contribution in [0.5, 0.6) is 5.75 Å². The van der Waals surface area contributed by atoms with E-state index >= 15 is 0 Å². The monoisotopic (exact) mass is 373 g/mol. The number of hydrogen-bond acceptors (Lipinski definition) is 6. The standard InChI is InChI=1S/C18H23N5O2S/c1-10-11(2)22-23-16(10)21-17-12-7-15(26(24)18(3,4)5)14(25-6)8-13(12)19-9-20-17/h7-9H,1-6H3,(H2,19,20,21,22,23). The molecule has 0 amide bonds. The fraction of sp³-hybridized carbons (Fsp3) is 0.389. The fourth-order valence-corrected chi connectivity index (χ4v) is 3.73. The molecule has 0 spiro atoms. The molecule has 0 aliphatic heterocycles. The van der Waals surface area contributed by atoms with Crippen molar-refractivity contribution in [3.8, 4) is 5.75 Å². The molecule has 1 aromatic carbocycles. The summed E-state index contributed by atoms with van der Waals surface area (Å²) in [5.41, 5.74) is 2.71. The van der Waals surface area contributed by atoms with Crippen molar-refractivity contribution in [2.75, 3.05) is 12.4 Å². The number of aromatic amines is 1. The van der Waals surface area contributed by atoms with Gasteiger partial charge in [0.15, 0.2) is 5.82 Å². The van der Waals surface area contributed by atoms with Crippen molar-refractivity contribution in [1.29, 1.82) is 0 Å². The Bertz CT molecular complexity index is 991. The highest BCUT2D eigenvalue weighted by Gasteiger charge is 2.25. The summed E-state index contributed by atoms with van der Waals surface area (Å²) in [6, 6.07) is 3.64. The molecule has 1 unspecified atom stereocenters. The van der Waals surface area contributed by atoms with Gasteiger partial charge in [-0.25, -0.2) is 9.97 Å². The molecule has 2 aromatic heterocycles. The van der Waals surface area contributed by atoms with Crippen LogP contribution in [0, 0.1) is 13.8 Å². The average Bonchev–Trinajstić information content (AvgIpc) is 2.91. The van der Waals surface area contributed by atoms with E-state index in [2.05, 4.69) is 25.5 Å². The van der Waals surface area contributed by atoms with Gasteiger partial charge in [-0.1, -0.05) is 0 Å². The third-order valence-electron chi connectivity index (χ3n) is 4.17. The molecule has 3 rings (SSSR count). The summed E-state index contributed by atoms with van der Waals surface area (Å²) in [6.07, 6.45) is 1.49. The average molecular weight is 373 g/mol. The molecule has 138 valence electrons. The van der Waals surface area contributed by atoms with Crippen molar-refractivity contribution < 1.29 is 8.95 Å². The molecule has 7 nitrogen and oxygen atoms in total. The van der Waals surface area contributed by atoms with Gasteiger partial charge in [-0.15, -0.1) is 0 Å². The van der Waals surface area contributed by atoms with Crippen LogP contribution in [-0.4, -0.2) is 36.2 Å². The van der Waals surface area contributed by atoms with Crippen molar-refractivity contribution in [3.63, 3.8) is 0 Å². The lowest BCUT2D eigenvalue weighted by molar-refractivity contribution is 0.404. The molecule has 0 aliphatic carbocycles. The Morgan fingerprint density at radius 1 is 1.15 bits per heavy atom. The molecular weight excluding hydrogens is 350 g/mol. The molecule has 0 saturated carbocycles. The summed E-state index contributed by atoms with van der Waals surface area (Å²) in [5, 5.41) is 11.2. The predicted octanol–water partition coefficient (Wildman–Crippen LogP) is 3.63. The van der Waals surface area contributed by atoms with Crippen LogP contribution in [0.2, 0.25) is 0 Å². The largest absolute Gasteiger partial charge is 0.495 e. The number of aromatic nitrogens is 4. The highest BCUT2D eigenvalue weighted by atomic mass is 32.2. The van der Waals surface area contributed by atoms with Crippen molar-refractivity contribution in [3.05, 3.63) is 29.7 Å². The maximum absolute atomic E-state index is 13.0. The number of aryl methyl sites for hydroxylation is 1. The van der Waals surface area contributed by atoms with E-state index in [0.717, 1.165) is 16.6 Å². The van der Waals surface area contributed by atoms with Gasteiger partial charge in [0, 0.05) is 27.5 Å². The van der Waals surface area contributed by atoms with Gasteiger partial charge < -0.3 is 10.1 Å². The number of anilines is 2. The van der Waals surface area contributed by atoms with E-state index in [1.807, 2.05) is 40.7 Å². The maximum atomic E-state index is 13.0. The topological polar surface area (TPSA) is 92.8 Å². The van der Waals surface area contributed by atoms with Crippen molar-refractivity contribution in [2.45, 2.75) is 44.3 Å². The summed E-state index contributed by atoms with van der Waals surface area (Å²) in [6.45, 7) is 9.74. The van der Waals surface area contributed by atoms with Crippen LogP contribution in [0.25, 0.3) is 10.9 Å². The number of rotatable bonds is 4. The lowest BCUT2D eigenvalue weighted by Gasteiger charge is -2.20. The molecule has 0 bridgehead atoms. The van der Waals surface area contributed by atoms with Crippen LogP contribution in [-0.2, 0) is 10.8 Å². The molecule has 26 heavy (non-hydrogen) atoms. The third-order valence-corrected chi connectivity index (χ3v) is 6.00. The molecule has 0 fully saturated rings. The van der Waals surface area contributed by atoms with Crippen LogP contribution in [0.4, 0.5) is 11.6 Å². The summed E-state index contributed by atoms with van der Waals surface area (Å²) in [4.78, 5) is 9.30. The predicted molar refractivity (Wildman–Crippen MR) is 104 cm³/mol. The Hall–Kier alpha value is -2.48. The SMILES string of the molecule is COc1cc2ncnc(Nc3n[nH]c(C)c3C)c2cc1S(=O)C(C)(C)C. The first kappa shape index (κ1) is 18.3. The van der Waals surface area contributed by atoms with E-state index in [9.17, 15) is 4.21 Å². The van der Waals surface area contributed by atoms with Crippen molar-refractivity contribution in [1.82, 2.24) is 20.2 Å². The van der Waals surface area contributed by atoms with Gasteiger partial charge in [-0.2, -0.15) is 5.10 Å². The first-order chi connectivity index (χ1) is 12.2. The number of benzene rings is 1. The van der Waals surface area contributed by atoms with E-state index in [1.54, 1.807) is 13.2 Å². The zero-order valence-corrected chi connectivity index (χ0v) is 16.6. The van der Waals surface area contributed by atoms with Crippen LogP contribution in [0.1, 0.15) is 32.0 Å². The minimum atomic E-state index is -1.25. The van der Waals surface area contributed by atoms with E-state index in [4.69, 9.17) is 4.74 Å². The van der Waals surface area contributed by atoms with E-state index in [1.165, 1.54) is 6.33 Å². The van der Waals surface area contributed by atoms with Gasteiger partial charge in [0.1, 0.15) is 17.9 Å². The summed E-state index contributed by atoms with van der Waals surface area (Å²) in [5.74, 6) is 1.87. The highest BCUT2D eigenvalue weighted by Crippen LogP contribution is 2.34. The molecule has 2 N–H and O–H groups in total. The van der Waals surface area contributed by atoms with Gasteiger partial charge >= 0.3 is 0 Å². The Morgan fingerprint density at radius 3 is 2.46 bits per heavy atom. The van der Waals surface area contributed by atoms with Gasteiger partial charge in [-0.3, -0.25) is 9.31 Å². The molecular formula is C18H23N5O2S. The van der Waals surface area contributed by atoms with Crippen LogP contribution in [0.3, 0.4) is 0 Å². The van der Waals surface area contributed by atoms with Crippen molar-refractivity contribution >= 4 is 33.3 Å². The number of H-pyrrole nitrogens is 1. The van der Waals surface area contributed by atoms with Gasteiger partial charge in [0.25, 0.3) is 0 Å². The minimum Gasteiger partial charge on any atom is -0.495 e. The minimum absolute atomic E-state index is 0.417. The summed E-state index contributed by atoms with van der Waals surface area (Å²) >= 11 is 0. The lowest BCUT2D eigenvalue weighted by atomic mass is 10.2. The second-order valence-corrected chi connectivity index (χ2v) is 9.27. The molecule has 3 aromatic rings. The first-order valence-corrected chi connectivity index (χ1v) is 9.40. The first-order valence-electron chi connectivity index (χ1n) is 8.25. The molecule has 0 aliphatic rings. The van der Waals surface area contributed by atoms with Crippen LogP contribution in [0.15, 0.2) is 23.4 Å². The quantitative estimate of drug-likeness (QED) is 0.725. The van der Waals surface area contributed by atoms with Gasteiger partial charge in [0.05, 0.1) is 28.3 Å². The number of methoxy groups -OCH3 is 1. The molecule has 1 atom stereocenters. The normalized spacial score (nSPS) is 13.0. The zero-order valence-electron chi connectivity index (χ0n) is 15.8. The Kier molecular flexibility index (Phi) is 4.70. The van der Waals surface area contributed by atoms with Crippen LogP contribution >= 0.6 is 0 Å². The summed E-state index contributed by atoms with van der Waals surface area (Å²) in [7, 11) is 0.317. The zero-order chi connectivity index (χ0) is 19.1. The van der Waals surface area contributed by atoms with E-state index in [0.29, 0.717) is 27.8 Å². The molecule has 8 heteroatoms. The third kappa shape index (κ3) is 3.29. The van der Waals surface area contributed by atoms with Gasteiger partial charge in [-0.05, 0) is 40.7 Å². The number of fused-ring (bicyclic) bond motifs is 1. The number of nitrogens with one attached hydrogen (secondary N) is 2. The van der Waals surface area contributed by atoms with E-state index in [-0.39, 0.29) is 0 Å². The maximum Gasteiger partial charge on any atom is 0.156 e. The second-order valence-electron chi connectivity index (χ2n) is 7.07. The van der Waals surface area contributed by atoms with Gasteiger partial charge in [0.2, 0.25) is 0 Å². The fourth-order valence-electron chi connectivity index (χ4n) is 2.52. The smallest absolute Gasteiger partial charge is 0.156 e. The summed E-state index contributed by atoms with van der Waals surface area (Å²) < 4.78 is 18.0. The molecule has 0 radical (unpaired) electrons. The lowest BCUT2D eigenvalue weighted by Crippen LogP contribution is -2.22. The Balaban J connectivity index is 2.16. The highest BCUT2D eigenvalue weighted by molar-refractivity contribution is 7.86. The second kappa shape index (κ2) is 6.68. The Morgan fingerprint density at radius 2 is 1.88 bits per heavy atom. The molecule has 0 saturated heterocycles. The van der Waals surface area contributed by atoms with Crippen LogP contribution < -0.4 is 10.1 Å². The van der Waals surface area contributed by atoms with E-state index < -0.39 is 15.5 Å². The van der Waals surface area contributed by atoms with Crippen molar-refractivity contribution in [2.24, 2.45) is 0 Å².